The summed E-state index contributed by atoms with van der Waals surface area (Å²) < 4.78 is 10.5. The van der Waals surface area contributed by atoms with Crippen LogP contribution in [-0.4, -0.2) is 60.8 Å². The maximum Gasteiger partial charge on any atom is 0.309 e. The third-order valence-electron chi connectivity index (χ3n) is 6.93. The number of esters is 1. The third kappa shape index (κ3) is 5.73. The van der Waals surface area contributed by atoms with Gasteiger partial charge < -0.3 is 9.47 Å². The van der Waals surface area contributed by atoms with E-state index in [0.29, 0.717) is 39.0 Å². The fourth-order valence-electron chi connectivity index (χ4n) is 4.98. The highest BCUT2D eigenvalue weighted by atomic mass is 16.5. The molecule has 0 N–H and O–H groups in total. The second-order valence-electron chi connectivity index (χ2n) is 9.40. The molecule has 0 bridgehead atoms. The van der Waals surface area contributed by atoms with E-state index >= 15 is 0 Å². The standard InChI is InChI=1S/C28H35N3O4/c1-5-35-28(33)22-12-14-30(15-13-22)18-27(32)31-26(21-7-9-23(34-4)10-8-21)17-25(29-31)24-11-6-19(2)16-20(24)3/h6-11,16,22,26H,5,12-15,17-18H2,1-4H3/t26-/m1/s1. The van der Waals surface area contributed by atoms with E-state index in [4.69, 9.17) is 14.6 Å². The van der Waals surface area contributed by atoms with Gasteiger partial charge in [-0.2, -0.15) is 5.10 Å². The average molecular weight is 478 g/mol. The average Bonchev–Trinajstić information content (AvgIpc) is 3.30. The molecule has 1 amide bonds. The van der Waals surface area contributed by atoms with Crippen LogP contribution in [0.2, 0.25) is 0 Å². The Labute approximate surface area is 207 Å². The highest BCUT2D eigenvalue weighted by Crippen LogP contribution is 2.34. The molecular formula is C28H35N3O4. The van der Waals surface area contributed by atoms with Gasteiger partial charge in [0.25, 0.3) is 5.91 Å². The van der Waals surface area contributed by atoms with E-state index in [9.17, 15) is 9.59 Å². The second-order valence-corrected chi connectivity index (χ2v) is 9.40. The Bertz CT molecular complexity index is 1090. The lowest BCUT2D eigenvalue weighted by molar-refractivity contribution is -0.149. The summed E-state index contributed by atoms with van der Waals surface area (Å²) >= 11 is 0. The fourth-order valence-corrected chi connectivity index (χ4v) is 4.98. The summed E-state index contributed by atoms with van der Waals surface area (Å²) in [5.41, 5.74) is 5.41. The maximum atomic E-state index is 13.5. The molecule has 4 rings (SSSR count). The molecule has 0 radical (unpaired) electrons. The van der Waals surface area contributed by atoms with Crippen molar-refractivity contribution < 1.29 is 19.1 Å². The van der Waals surface area contributed by atoms with Gasteiger partial charge in [0.1, 0.15) is 5.75 Å². The Morgan fingerprint density at radius 1 is 1.06 bits per heavy atom. The minimum absolute atomic E-state index is 0.0276. The van der Waals surface area contributed by atoms with Gasteiger partial charge in [0.15, 0.2) is 0 Å². The number of nitrogens with zero attached hydrogens (tertiary/aromatic N) is 3. The molecule has 2 aliphatic heterocycles. The highest BCUT2D eigenvalue weighted by Gasteiger charge is 2.35. The number of rotatable bonds is 7. The van der Waals surface area contributed by atoms with Gasteiger partial charge in [-0.05, 0) is 70.0 Å². The van der Waals surface area contributed by atoms with E-state index in [1.165, 1.54) is 5.56 Å². The van der Waals surface area contributed by atoms with Gasteiger partial charge in [-0.1, -0.05) is 35.9 Å². The molecule has 0 spiro atoms. The van der Waals surface area contributed by atoms with E-state index in [-0.39, 0.29) is 30.4 Å². The van der Waals surface area contributed by atoms with E-state index in [1.807, 2.05) is 31.2 Å². The van der Waals surface area contributed by atoms with E-state index in [1.54, 1.807) is 12.1 Å². The molecule has 2 aromatic rings. The Balaban J connectivity index is 1.52. The van der Waals surface area contributed by atoms with Crippen LogP contribution in [0.4, 0.5) is 0 Å². The Hall–Kier alpha value is -3.19. The number of aryl methyl sites for hydroxylation is 2. The molecule has 0 saturated carbocycles. The first-order valence-electron chi connectivity index (χ1n) is 12.4. The number of hydrogen-bond acceptors (Lipinski definition) is 6. The predicted octanol–water partition coefficient (Wildman–Crippen LogP) is 4.26. The maximum absolute atomic E-state index is 13.5. The summed E-state index contributed by atoms with van der Waals surface area (Å²) in [5.74, 6) is 0.555. The Kier molecular flexibility index (Phi) is 7.86. The molecule has 2 aromatic carbocycles. The first kappa shape index (κ1) is 24.9. The summed E-state index contributed by atoms with van der Waals surface area (Å²) in [5, 5.41) is 6.51. The molecule has 35 heavy (non-hydrogen) atoms. The van der Waals surface area contributed by atoms with Crippen molar-refractivity contribution in [2.45, 2.75) is 46.1 Å². The monoisotopic (exact) mass is 477 g/mol. The lowest BCUT2D eigenvalue weighted by Crippen LogP contribution is -2.43. The molecule has 0 aliphatic carbocycles. The van der Waals surface area contributed by atoms with Crippen molar-refractivity contribution in [1.29, 1.82) is 0 Å². The van der Waals surface area contributed by atoms with Crippen molar-refractivity contribution in [3.8, 4) is 5.75 Å². The predicted molar refractivity (Wildman–Crippen MR) is 135 cm³/mol. The molecule has 1 saturated heterocycles. The second kappa shape index (κ2) is 11.0. The quantitative estimate of drug-likeness (QED) is 0.557. The van der Waals surface area contributed by atoms with Crippen molar-refractivity contribution in [3.05, 3.63) is 64.7 Å². The van der Waals surface area contributed by atoms with Gasteiger partial charge in [0.05, 0.1) is 37.9 Å². The fraction of sp³-hybridized carbons (Fsp3) is 0.464. The molecule has 0 aromatic heterocycles. The lowest BCUT2D eigenvalue weighted by Gasteiger charge is -2.32. The molecule has 2 heterocycles. The van der Waals surface area contributed by atoms with Gasteiger partial charge in [0.2, 0.25) is 0 Å². The van der Waals surface area contributed by atoms with Crippen LogP contribution in [0.3, 0.4) is 0 Å². The van der Waals surface area contributed by atoms with Crippen LogP contribution in [0.5, 0.6) is 5.75 Å². The van der Waals surface area contributed by atoms with Crippen LogP contribution in [-0.2, 0) is 14.3 Å². The smallest absolute Gasteiger partial charge is 0.309 e. The summed E-state index contributed by atoms with van der Waals surface area (Å²) in [6.07, 6.45) is 2.09. The molecule has 7 heteroatoms. The normalized spacial score (nSPS) is 18.9. The minimum atomic E-state index is -0.166. The van der Waals surface area contributed by atoms with Gasteiger partial charge in [-0.15, -0.1) is 0 Å². The number of benzene rings is 2. The van der Waals surface area contributed by atoms with Gasteiger partial charge in [-0.3, -0.25) is 14.5 Å². The van der Waals surface area contributed by atoms with Crippen molar-refractivity contribution in [3.63, 3.8) is 0 Å². The van der Waals surface area contributed by atoms with Crippen molar-refractivity contribution in [1.82, 2.24) is 9.91 Å². The topological polar surface area (TPSA) is 71.4 Å². The van der Waals surface area contributed by atoms with Crippen LogP contribution < -0.4 is 4.74 Å². The number of hydrogen-bond donors (Lipinski definition) is 0. The van der Waals surface area contributed by atoms with E-state index in [2.05, 4.69) is 36.9 Å². The van der Waals surface area contributed by atoms with Gasteiger partial charge in [-0.25, -0.2) is 5.01 Å². The Morgan fingerprint density at radius 3 is 2.40 bits per heavy atom. The summed E-state index contributed by atoms with van der Waals surface area (Å²) in [6, 6.07) is 14.0. The number of piperidine rings is 1. The number of carbonyl (C=O) groups excluding carboxylic acids is 2. The van der Waals surface area contributed by atoms with Crippen LogP contribution >= 0.6 is 0 Å². The van der Waals surface area contributed by atoms with Crippen molar-refractivity contribution >= 4 is 17.6 Å². The van der Waals surface area contributed by atoms with Gasteiger partial charge >= 0.3 is 5.97 Å². The summed E-state index contributed by atoms with van der Waals surface area (Å²) in [4.78, 5) is 27.7. The number of carbonyl (C=O) groups is 2. The van der Waals surface area contributed by atoms with Crippen molar-refractivity contribution in [2.75, 3.05) is 33.4 Å². The molecule has 0 unspecified atom stereocenters. The van der Waals surface area contributed by atoms with Crippen LogP contribution in [0.1, 0.15) is 54.5 Å². The van der Waals surface area contributed by atoms with E-state index < -0.39 is 0 Å². The number of hydrazone groups is 1. The van der Waals surface area contributed by atoms with E-state index in [0.717, 1.165) is 28.2 Å². The molecular weight excluding hydrogens is 442 g/mol. The zero-order valence-electron chi connectivity index (χ0n) is 21.1. The van der Waals surface area contributed by atoms with Crippen LogP contribution in [0.25, 0.3) is 0 Å². The number of likely N-dealkylation sites (tertiary alicyclic amines) is 1. The van der Waals surface area contributed by atoms with Gasteiger partial charge in [0, 0.05) is 12.0 Å². The zero-order chi connectivity index (χ0) is 24.9. The molecule has 1 fully saturated rings. The van der Waals surface area contributed by atoms with Crippen LogP contribution in [0, 0.1) is 19.8 Å². The number of methoxy groups -OCH3 is 1. The number of ether oxygens (including phenoxy) is 2. The highest BCUT2D eigenvalue weighted by molar-refractivity contribution is 6.04. The molecule has 2 aliphatic rings. The molecule has 186 valence electrons. The lowest BCUT2D eigenvalue weighted by atomic mass is 9.95. The summed E-state index contributed by atoms with van der Waals surface area (Å²) in [6.45, 7) is 8.08. The minimum Gasteiger partial charge on any atom is -0.497 e. The number of amides is 1. The first-order valence-corrected chi connectivity index (χ1v) is 12.4. The molecule has 1 atom stereocenters. The molecule has 7 nitrogen and oxygen atoms in total. The first-order chi connectivity index (χ1) is 16.9. The zero-order valence-corrected chi connectivity index (χ0v) is 21.1. The van der Waals surface area contributed by atoms with Crippen LogP contribution in [0.15, 0.2) is 47.6 Å². The Morgan fingerprint density at radius 2 is 1.77 bits per heavy atom. The largest absolute Gasteiger partial charge is 0.497 e. The third-order valence-corrected chi connectivity index (χ3v) is 6.93. The SMILES string of the molecule is CCOC(=O)C1CCN(CC(=O)N2N=C(c3ccc(C)cc3C)C[C@@H]2c2ccc(OC)cc2)CC1. The van der Waals surface area contributed by atoms with Crippen molar-refractivity contribution in [2.24, 2.45) is 11.0 Å². The summed E-state index contributed by atoms with van der Waals surface area (Å²) in [7, 11) is 1.65.